The van der Waals surface area contributed by atoms with Gasteiger partial charge in [-0.2, -0.15) is 0 Å². The van der Waals surface area contributed by atoms with Crippen LogP contribution in [-0.2, 0) is 10.8 Å². The molecule has 4 heteroatoms. The third-order valence-corrected chi connectivity index (χ3v) is 4.48. The average Bonchev–Trinajstić information content (AvgIpc) is 2.40. The Labute approximate surface area is 121 Å². The van der Waals surface area contributed by atoms with E-state index in [-0.39, 0.29) is 5.60 Å². The molecule has 0 aliphatic carbocycles. The first-order valence-electron chi connectivity index (χ1n) is 6.51. The van der Waals surface area contributed by atoms with E-state index < -0.39 is 11.6 Å². The summed E-state index contributed by atoms with van der Waals surface area (Å²) in [6.45, 7) is 4.10. The molecule has 2 aromatic carbocycles. The molecule has 0 N–H and O–H groups in total. The molecule has 0 aliphatic rings. The molecule has 0 fully saturated rings. The Morgan fingerprint density at radius 1 is 1.05 bits per heavy atom. The third-order valence-electron chi connectivity index (χ3n) is 3.38. The van der Waals surface area contributed by atoms with Crippen molar-refractivity contribution in [1.29, 1.82) is 0 Å². The Kier molecular flexibility index (Phi) is 4.35. The van der Waals surface area contributed by atoms with Crippen LogP contribution >= 0.6 is 0 Å². The smallest absolute Gasteiger partial charge is 0.146 e. The van der Waals surface area contributed by atoms with Gasteiger partial charge in [-0.15, -0.1) is 0 Å². The second-order valence-electron chi connectivity index (χ2n) is 5.46. The first-order chi connectivity index (χ1) is 9.41. The van der Waals surface area contributed by atoms with E-state index in [9.17, 15) is 8.78 Å². The molecule has 0 spiro atoms. The number of rotatable bonds is 4. The predicted octanol–water partition coefficient (Wildman–Crippen LogP) is 3.25. The van der Waals surface area contributed by atoms with Gasteiger partial charge in [-0.25, -0.2) is 8.78 Å². The van der Waals surface area contributed by atoms with Crippen LogP contribution in [0.1, 0.15) is 19.4 Å². The quantitative estimate of drug-likeness (QED) is 0.786. The first kappa shape index (κ1) is 14.9. The Bertz CT molecular complexity index is 594. The van der Waals surface area contributed by atoms with E-state index in [4.69, 9.17) is 4.43 Å². The van der Waals surface area contributed by atoms with Crippen LogP contribution in [0.25, 0.3) is 11.1 Å². The summed E-state index contributed by atoms with van der Waals surface area (Å²) >= 11 is 0. The topological polar surface area (TPSA) is 9.23 Å². The summed E-state index contributed by atoms with van der Waals surface area (Å²) < 4.78 is 32.1. The fourth-order valence-electron chi connectivity index (χ4n) is 2.09. The van der Waals surface area contributed by atoms with Gasteiger partial charge < -0.3 is 4.43 Å². The van der Waals surface area contributed by atoms with Crippen molar-refractivity contribution in [1.82, 2.24) is 0 Å². The van der Waals surface area contributed by atoms with Crippen molar-refractivity contribution in [3.05, 3.63) is 59.7 Å². The van der Waals surface area contributed by atoms with E-state index in [1.807, 2.05) is 38.1 Å². The van der Waals surface area contributed by atoms with Crippen LogP contribution in [0.5, 0.6) is 0 Å². The normalized spacial score (nSPS) is 11.8. The van der Waals surface area contributed by atoms with Gasteiger partial charge in [0.05, 0.1) is 5.60 Å². The Hall–Kier alpha value is -1.52. The van der Waals surface area contributed by atoms with Gasteiger partial charge in [0.25, 0.3) is 0 Å². The van der Waals surface area contributed by atoms with Crippen LogP contribution in [0.2, 0.25) is 0 Å². The summed E-state index contributed by atoms with van der Waals surface area (Å²) in [7, 11) is 0.699. The standard InChI is InChI=1S/C16H18F2OSi/c1-16(2,19-20)10-11-3-5-12(6-4-11)14-8-7-13(17)9-15(14)18/h3-9H,10H2,1-2,20H3. The van der Waals surface area contributed by atoms with E-state index in [1.165, 1.54) is 12.1 Å². The monoisotopic (exact) mass is 292 g/mol. The fourth-order valence-corrected chi connectivity index (χ4v) is 2.23. The maximum Gasteiger partial charge on any atom is 0.146 e. The lowest BCUT2D eigenvalue weighted by Gasteiger charge is -2.23. The lowest BCUT2D eigenvalue weighted by Crippen LogP contribution is -2.26. The van der Waals surface area contributed by atoms with Crippen molar-refractivity contribution in [2.24, 2.45) is 0 Å². The molecule has 0 amide bonds. The molecule has 2 aromatic rings. The average molecular weight is 292 g/mol. The second kappa shape index (κ2) is 5.85. The summed E-state index contributed by atoms with van der Waals surface area (Å²) in [4.78, 5) is 0. The molecule has 0 aromatic heterocycles. The zero-order chi connectivity index (χ0) is 14.8. The van der Waals surface area contributed by atoms with E-state index in [0.29, 0.717) is 16.0 Å². The summed E-state index contributed by atoms with van der Waals surface area (Å²) in [5.41, 5.74) is 2.12. The minimum atomic E-state index is -0.561. The number of hydrogen-bond donors (Lipinski definition) is 0. The summed E-state index contributed by atoms with van der Waals surface area (Å²) in [6.07, 6.45) is 0.808. The molecule has 0 aliphatic heterocycles. The van der Waals surface area contributed by atoms with Gasteiger partial charge in [0.2, 0.25) is 0 Å². The molecular formula is C16H18F2OSi. The van der Waals surface area contributed by atoms with Crippen LogP contribution in [0.15, 0.2) is 42.5 Å². The van der Waals surface area contributed by atoms with Gasteiger partial charge in [0.1, 0.15) is 22.1 Å². The molecular weight excluding hydrogens is 274 g/mol. The molecule has 2 rings (SSSR count). The summed E-state index contributed by atoms with van der Waals surface area (Å²) in [5, 5.41) is 0. The lowest BCUT2D eigenvalue weighted by atomic mass is 9.96. The van der Waals surface area contributed by atoms with Gasteiger partial charge in [-0.05, 0) is 43.5 Å². The molecule has 106 valence electrons. The van der Waals surface area contributed by atoms with Crippen molar-refractivity contribution >= 4 is 10.5 Å². The lowest BCUT2D eigenvalue weighted by molar-refractivity contribution is 0.124. The molecule has 0 atom stereocenters. The molecule has 0 saturated heterocycles. The van der Waals surface area contributed by atoms with Crippen LogP contribution in [0.4, 0.5) is 8.78 Å². The zero-order valence-electron chi connectivity index (χ0n) is 11.9. The van der Waals surface area contributed by atoms with Crippen molar-refractivity contribution in [2.45, 2.75) is 25.9 Å². The van der Waals surface area contributed by atoms with Crippen LogP contribution in [0.3, 0.4) is 0 Å². The van der Waals surface area contributed by atoms with Crippen LogP contribution in [-0.4, -0.2) is 16.1 Å². The maximum absolute atomic E-state index is 13.7. The van der Waals surface area contributed by atoms with Gasteiger partial charge in [0.15, 0.2) is 0 Å². The number of hydrogen-bond acceptors (Lipinski definition) is 1. The molecule has 0 bridgehead atoms. The third kappa shape index (κ3) is 3.52. The highest BCUT2D eigenvalue weighted by molar-refractivity contribution is 5.98. The van der Waals surface area contributed by atoms with Crippen molar-refractivity contribution < 1.29 is 13.2 Å². The highest BCUT2D eigenvalue weighted by Crippen LogP contribution is 2.25. The van der Waals surface area contributed by atoms with Crippen molar-refractivity contribution in [2.75, 3.05) is 0 Å². The van der Waals surface area contributed by atoms with Crippen LogP contribution in [0, 0.1) is 11.6 Å². The van der Waals surface area contributed by atoms with E-state index >= 15 is 0 Å². The highest BCUT2D eigenvalue weighted by Gasteiger charge is 2.16. The van der Waals surface area contributed by atoms with Crippen molar-refractivity contribution in [3.63, 3.8) is 0 Å². The Morgan fingerprint density at radius 2 is 1.70 bits per heavy atom. The summed E-state index contributed by atoms with van der Waals surface area (Å²) in [6, 6.07) is 11.3. The SMILES string of the molecule is CC(C)(Cc1ccc(-c2ccc(F)cc2F)cc1)O[SiH3]. The molecule has 0 saturated carbocycles. The molecule has 20 heavy (non-hydrogen) atoms. The Morgan fingerprint density at radius 3 is 2.25 bits per heavy atom. The largest absolute Gasteiger partial charge is 0.423 e. The van der Waals surface area contributed by atoms with Gasteiger partial charge >= 0.3 is 0 Å². The number of benzene rings is 2. The minimum Gasteiger partial charge on any atom is -0.423 e. The predicted molar refractivity (Wildman–Crippen MR) is 80.6 cm³/mol. The Balaban J connectivity index is 2.24. The first-order valence-corrected chi connectivity index (χ1v) is 7.32. The van der Waals surface area contributed by atoms with Gasteiger partial charge in [-0.3, -0.25) is 0 Å². The van der Waals surface area contributed by atoms with Crippen molar-refractivity contribution in [3.8, 4) is 11.1 Å². The minimum absolute atomic E-state index is 0.172. The molecule has 0 heterocycles. The molecule has 0 unspecified atom stereocenters. The molecule has 1 nitrogen and oxygen atoms in total. The van der Waals surface area contributed by atoms with E-state index in [2.05, 4.69) is 0 Å². The fraction of sp³-hybridized carbons (Fsp3) is 0.250. The zero-order valence-corrected chi connectivity index (χ0v) is 13.9. The summed E-state index contributed by atoms with van der Waals surface area (Å²) in [5.74, 6) is -1.10. The van der Waals surface area contributed by atoms with Gasteiger partial charge in [0, 0.05) is 11.6 Å². The van der Waals surface area contributed by atoms with E-state index in [1.54, 1.807) is 0 Å². The molecule has 0 radical (unpaired) electrons. The number of halogens is 2. The van der Waals surface area contributed by atoms with Gasteiger partial charge in [-0.1, -0.05) is 24.3 Å². The van der Waals surface area contributed by atoms with Crippen LogP contribution < -0.4 is 0 Å². The second-order valence-corrected chi connectivity index (χ2v) is 5.87. The maximum atomic E-state index is 13.7. The highest BCUT2D eigenvalue weighted by atomic mass is 28.2. The van der Waals surface area contributed by atoms with E-state index in [0.717, 1.165) is 23.6 Å².